The lowest BCUT2D eigenvalue weighted by Gasteiger charge is -2.45. The third-order valence-electron chi connectivity index (χ3n) is 11.1. The summed E-state index contributed by atoms with van der Waals surface area (Å²) in [7, 11) is -5.77. The average molecular weight is 805 g/mol. The molecule has 1 N–H and O–H groups in total. The molecular formula is C50H68O5Si2. The minimum atomic E-state index is -3.08. The summed E-state index contributed by atoms with van der Waals surface area (Å²) in [6.45, 7) is 28.5. The van der Waals surface area contributed by atoms with Gasteiger partial charge in [-0.25, -0.2) is 0 Å². The molecule has 0 radical (unpaired) electrons. The Balaban J connectivity index is 1.65. The molecule has 5 nitrogen and oxygen atoms in total. The normalized spacial score (nSPS) is 14.8. The molecule has 4 rings (SSSR count). The van der Waals surface area contributed by atoms with Gasteiger partial charge in [0.25, 0.3) is 16.6 Å². The lowest BCUT2D eigenvalue weighted by atomic mass is 9.92. The number of ether oxygens (including phenoxy) is 1. The zero-order chi connectivity index (χ0) is 42.1. The lowest BCUT2D eigenvalue weighted by molar-refractivity contribution is -0.151. The second-order valence-electron chi connectivity index (χ2n) is 18.7. The van der Waals surface area contributed by atoms with Gasteiger partial charge in [0.15, 0.2) is 0 Å². The van der Waals surface area contributed by atoms with Gasteiger partial charge in [-0.1, -0.05) is 188 Å². The molecule has 1 unspecified atom stereocenters. The Kier molecular flexibility index (Phi) is 15.5. The lowest BCUT2D eigenvalue weighted by Crippen LogP contribution is -2.68. The van der Waals surface area contributed by atoms with Crippen LogP contribution in [0.1, 0.15) is 89.0 Å². The summed E-state index contributed by atoms with van der Waals surface area (Å²) >= 11 is 0. The van der Waals surface area contributed by atoms with E-state index in [0.717, 1.165) is 27.9 Å². The maximum atomic E-state index is 12.8. The molecule has 0 amide bonds. The summed E-state index contributed by atoms with van der Waals surface area (Å²) in [6, 6.07) is 42.3. The quantitative estimate of drug-likeness (QED) is 0.0655. The van der Waals surface area contributed by atoms with Gasteiger partial charge in [0.2, 0.25) is 0 Å². The molecule has 0 bridgehead atoms. The van der Waals surface area contributed by atoms with Crippen LogP contribution in [-0.4, -0.2) is 53.1 Å². The van der Waals surface area contributed by atoms with Crippen molar-refractivity contribution in [2.45, 2.75) is 111 Å². The highest BCUT2D eigenvalue weighted by atomic mass is 28.4. The van der Waals surface area contributed by atoms with E-state index in [1.807, 2.05) is 45.9 Å². The number of rotatable bonds is 17. The van der Waals surface area contributed by atoms with Crippen molar-refractivity contribution in [2.24, 2.45) is 11.3 Å². The van der Waals surface area contributed by atoms with Crippen molar-refractivity contribution >= 4 is 43.4 Å². The fraction of sp³-hybridized carbons (Fsp3) is 0.420. The van der Waals surface area contributed by atoms with Gasteiger partial charge in [0.1, 0.15) is 6.61 Å². The minimum absolute atomic E-state index is 0.0733. The van der Waals surface area contributed by atoms with E-state index < -0.39 is 34.3 Å². The van der Waals surface area contributed by atoms with Crippen molar-refractivity contribution < 1.29 is 23.5 Å². The number of aliphatic hydroxyl groups excluding tert-OH is 1. The molecule has 57 heavy (non-hydrogen) atoms. The fourth-order valence-electron chi connectivity index (χ4n) is 7.78. The highest BCUT2D eigenvalue weighted by molar-refractivity contribution is 7.00. The summed E-state index contributed by atoms with van der Waals surface area (Å²) in [5.74, 6) is -0.202. The topological polar surface area (TPSA) is 65.0 Å². The van der Waals surface area contributed by atoms with Crippen molar-refractivity contribution in [1.82, 2.24) is 0 Å². The number of hydrogen-bond donors (Lipinski definition) is 1. The predicted molar refractivity (Wildman–Crippen MR) is 244 cm³/mol. The first kappa shape index (κ1) is 45.8. The van der Waals surface area contributed by atoms with E-state index in [1.165, 1.54) is 10.4 Å². The molecule has 4 aromatic rings. The first-order valence-corrected chi connectivity index (χ1v) is 24.3. The van der Waals surface area contributed by atoms with Crippen LogP contribution in [0, 0.1) is 11.3 Å². The molecule has 0 spiro atoms. The fourth-order valence-corrected chi connectivity index (χ4v) is 17.0. The first-order chi connectivity index (χ1) is 26.7. The molecule has 7 heteroatoms. The number of carbonyl (C=O) groups is 1. The van der Waals surface area contributed by atoms with Crippen molar-refractivity contribution in [3.05, 3.63) is 145 Å². The second kappa shape index (κ2) is 19.3. The largest absolute Gasteiger partial charge is 0.461 e. The third kappa shape index (κ3) is 11.0. The van der Waals surface area contributed by atoms with Crippen LogP contribution >= 0.6 is 0 Å². The molecule has 0 aromatic heterocycles. The molecule has 0 saturated heterocycles. The molecule has 0 aliphatic carbocycles. The monoisotopic (exact) mass is 804 g/mol. The van der Waals surface area contributed by atoms with Gasteiger partial charge in [-0.3, -0.25) is 4.79 Å². The second-order valence-corrected chi connectivity index (χ2v) is 27.3. The van der Waals surface area contributed by atoms with E-state index >= 15 is 0 Å². The van der Waals surface area contributed by atoms with E-state index in [2.05, 4.69) is 164 Å². The Hall–Kier alpha value is -3.86. The van der Waals surface area contributed by atoms with Gasteiger partial charge < -0.3 is 18.7 Å². The van der Waals surface area contributed by atoms with Crippen LogP contribution < -0.4 is 20.7 Å². The van der Waals surface area contributed by atoms with Crippen molar-refractivity contribution in [3.63, 3.8) is 0 Å². The van der Waals surface area contributed by atoms with E-state index in [-0.39, 0.29) is 28.6 Å². The van der Waals surface area contributed by atoms with Crippen LogP contribution in [0.25, 0.3) is 0 Å². The molecule has 0 saturated carbocycles. The maximum absolute atomic E-state index is 12.8. The summed E-state index contributed by atoms with van der Waals surface area (Å²) in [6.07, 6.45) is 1.45. The van der Waals surface area contributed by atoms with Crippen LogP contribution in [0.4, 0.5) is 0 Å². The number of hydrogen-bond acceptors (Lipinski definition) is 5. The van der Waals surface area contributed by atoms with Crippen LogP contribution in [-0.2, 0) is 18.4 Å². The van der Waals surface area contributed by atoms with Crippen LogP contribution in [0.15, 0.2) is 145 Å². The SMILES string of the molecule is C=C(CC(O)[C@@H](/C=C(\C)COC(=O)C(C)(C)C)O[Si](c1ccccc1)(c1ccccc1)C(C)(C)C)[C@H](C)CCO[Si](c1ccccc1)(c1ccccc1)C(C)(C)C. The zero-order valence-electron chi connectivity index (χ0n) is 36.5. The molecule has 0 aliphatic heterocycles. The number of benzene rings is 4. The van der Waals surface area contributed by atoms with E-state index in [4.69, 9.17) is 13.6 Å². The van der Waals surface area contributed by atoms with Gasteiger partial charge in [0, 0.05) is 6.61 Å². The third-order valence-corrected chi connectivity index (χ3v) is 21.1. The summed E-state index contributed by atoms with van der Waals surface area (Å²) in [5.41, 5.74) is 1.13. The van der Waals surface area contributed by atoms with Crippen LogP contribution in [0.3, 0.4) is 0 Å². The Morgan fingerprint density at radius 2 is 1.07 bits per heavy atom. The van der Waals surface area contributed by atoms with E-state index in [9.17, 15) is 9.90 Å². The molecule has 0 aliphatic rings. The average Bonchev–Trinajstić information content (AvgIpc) is 3.17. The summed E-state index contributed by atoms with van der Waals surface area (Å²) in [4.78, 5) is 12.8. The predicted octanol–water partition coefficient (Wildman–Crippen LogP) is 9.38. The highest BCUT2D eigenvalue weighted by Crippen LogP contribution is 2.39. The molecule has 4 aromatic carbocycles. The van der Waals surface area contributed by atoms with Crippen molar-refractivity contribution in [1.29, 1.82) is 0 Å². The Morgan fingerprint density at radius 3 is 1.44 bits per heavy atom. The Morgan fingerprint density at radius 1 is 0.684 bits per heavy atom. The highest BCUT2D eigenvalue weighted by Gasteiger charge is 2.52. The van der Waals surface area contributed by atoms with Gasteiger partial charge in [-0.05, 0) is 82.9 Å². The number of esters is 1. The number of aliphatic hydroxyl groups is 1. The molecule has 0 heterocycles. The number of carbonyl (C=O) groups excluding carboxylic acids is 1. The summed E-state index contributed by atoms with van der Waals surface area (Å²) in [5, 5.41) is 16.6. The Labute approximate surface area is 346 Å². The van der Waals surface area contributed by atoms with Crippen molar-refractivity contribution in [3.8, 4) is 0 Å². The van der Waals surface area contributed by atoms with E-state index in [0.29, 0.717) is 13.0 Å². The minimum Gasteiger partial charge on any atom is -0.461 e. The van der Waals surface area contributed by atoms with Gasteiger partial charge in [-0.2, -0.15) is 0 Å². The first-order valence-electron chi connectivity index (χ1n) is 20.5. The molecule has 306 valence electrons. The van der Waals surface area contributed by atoms with Gasteiger partial charge in [0.05, 0.1) is 17.6 Å². The molecule has 3 atom stereocenters. The van der Waals surface area contributed by atoms with Gasteiger partial charge in [-0.15, -0.1) is 0 Å². The summed E-state index contributed by atoms with van der Waals surface area (Å²) < 4.78 is 20.5. The van der Waals surface area contributed by atoms with Crippen LogP contribution in [0.2, 0.25) is 10.1 Å². The zero-order valence-corrected chi connectivity index (χ0v) is 38.5. The van der Waals surface area contributed by atoms with Crippen LogP contribution in [0.5, 0.6) is 0 Å². The van der Waals surface area contributed by atoms with Crippen molar-refractivity contribution in [2.75, 3.05) is 13.2 Å². The standard InChI is InChI=1S/C50H68O5Si2/c1-38(37-53-47(52)48(4,5)6)35-46(55-57(50(10,11)12,43-29-21-15-22-30-43)44-31-23-16-24-32-44)45(51)36-40(3)39(2)33-34-54-56(49(7,8)9,41-25-17-13-18-26-41)42-27-19-14-20-28-42/h13-32,35,39,45-46,51H,3,33-34,36-37H2,1-2,4-12H3/b38-35+/t39-,45?,46-/m1/s1. The molecular weight excluding hydrogens is 737 g/mol. The van der Waals surface area contributed by atoms with E-state index in [1.54, 1.807) is 0 Å². The smallest absolute Gasteiger partial charge is 0.311 e. The Bertz CT molecular complexity index is 1810. The maximum Gasteiger partial charge on any atom is 0.311 e. The van der Waals surface area contributed by atoms with Gasteiger partial charge >= 0.3 is 5.97 Å². The molecule has 0 fully saturated rings.